The molecule has 1 N–H and O–H groups in total. The van der Waals surface area contributed by atoms with Crippen LogP contribution in [0, 0.1) is 12.8 Å². The molecule has 1 heterocycles. The lowest BCUT2D eigenvalue weighted by Crippen LogP contribution is -2.46. The third kappa shape index (κ3) is 5.98. The van der Waals surface area contributed by atoms with Crippen LogP contribution in [0.4, 0.5) is 0 Å². The summed E-state index contributed by atoms with van der Waals surface area (Å²) >= 11 is 6.29. The molecule has 1 saturated heterocycles. The summed E-state index contributed by atoms with van der Waals surface area (Å²) < 4.78 is 5.78. The monoisotopic (exact) mass is 400 g/mol. The molecule has 0 radical (unpaired) electrons. The lowest BCUT2D eigenvalue weighted by Gasteiger charge is -2.32. The molecule has 0 bridgehead atoms. The van der Waals surface area contributed by atoms with Crippen molar-refractivity contribution in [3.8, 4) is 5.75 Å². The van der Waals surface area contributed by atoms with Crippen LogP contribution in [0.25, 0.3) is 0 Å². The molecule has 28 heavy (non-hydrogen) atoms. The highest BCUT2D eigenvalue weighted by molar-refractivity contribution is 6.31. The van der Waals surface area contributed by atoms with Crippen LogP contribution in [0.5, 0.6) is 5.75 Å². The van der Waals surface area contributed by atoms with Crippen LogP contribution in [0.3, 0.4) is 0 Å². The predicted octanol–water partition coefficient (Wildman–Crippen LogP) is 4.44. The molecule has 1 amide bonds. The fraction of sp³-hybridized carbons (Fsp3) is 0.435. The number of hydrogen-bond acceptors (Lipinski definition) is 3. The molecule has 0 saturated carbocycles. The number of likely N-dealkylation sites (tertiary alicyclic amines) is 1. The molecule has 1 aliphatic rings. The highest BCUT2D eigenvalue weighted by atomic mass is 35.5. The Kier molecular flexibility index (Phi) is 7.35. The summed E-state index contributed by atoms with van der Waals surface area (Å²) in [6, 6.07) is 15.8. The smallest absolute Gasteiger partial charge is 0.224 e. The second-order valence-electron chi connectivity index (χ2n) is 7.70. The first-order chi connectivity index (χ1) is 13.5. The largest absolute Gasteiger partial charge is 0.491 e. The first kappa shape index (κ1) is 20.7. The summed E-state index contributed by atoms with van der Waals surface area (Å²) in [7, 11) is 0. The molecule has 0 aromatic heterocycles. The first-order valence-corrected chi connectivity index (χ1v) is 10.3. The van der Waals surface area contributed by atoms with E-state index in [2.05, 4.69) is 16.3 Å². The van der Waals surface area contributed by atoms with Gasteiger partial charge in [-0.25, -0.2) is 0 Å². The number of halogens is 1. The minimum Gasteiger partial charge on any atom is -0.491 e. The van der Waals surface area contributed by atoms with Crippen LogP contribution in [-0.4, -0.2) is 36.5 Å². The summed E-state index contributed by atoms with van der Waals surface area (Å²) in [5.74, 6) is 0.956. The number of piperidine rings is 1. The number of rotatable bonds is 7. The zero-order chi connectivity index (χ0) is 19.9. The Labute approximate surface area is 172 Å². The van der Waals surface area contributed by atoms with Crippen LogP contribution in [0.2, 0.25) is 5.02 Å². The summed E-state index contributed by atoms with van der Waals surface area (Å²) in [4.78, 5) is 15.0. The summed E-state index contributed by atoms with van der Waals surface area (Å²) in [5, 5.41) is 3.90. The molecule has 0 spiro atoms. The number of amides is 1. The van der Waals surface area contributed by atoms with Crippen molar-refractivity contribution in [2.45, 2.75) is 39.3 Å². The van der Waals surface area contributed by atoms with Crippen LogP contribution < -0.4 is 10.1 Å². The normalized spacial score (nSPS) is 18.5. The summed E-state index contributed by atoms with van der Waals surface area (Å²) in [6.45, 7) is 7.05. The van der Waals surface area contributed by atoms with E-state index < -0.39 is 0 Å². The third-order valence-electron chi connectivity index (χ3n) is 5.14. The number of carbonyl (C=O) groups excluding carboxylic acids is 1. The zero-order valence-corrected chi connectivity index (χ0v) is 17.4. The molecule has 0 unspecified atom stereocenters. The second-order valence-corrected chi connectivity index (χ2v) is 8.11. The lowest BCUT2D eigenvalue weighted by molar-refractivity contribution is -0.127. The number of hydrogen-bond donors (Lipinski definition) is 1. The standard InChI is InChI=1S/C23H29ClN2O2/c1-17-9-11-21(12-10-17)28-16-18(2)25-23(27)20-7-5-13-26(15-20)14-19-6-3-4-8-22(19)24/h3-4,6,8-12,18,20H,5,7,13-16H2,1-2H3,(H,25,27)/t18-,20+/m1/s1. The maximum absolute atomic E-state index is 12.7. The van der Waals surface area contributed by atoms with Crippen LogP contribution in [-0.2, 0) is 11.3 Å². The van der Waals surface area contributed by atoms with E-state index in [0.29, 0.717) is 6.61 Å². The Morgan fingerprint density at radius 3 is 2.75 bits per heavy atom. The van der Waals surface area contributed by atoms with E-state index >= 15 is 0 Å². The van der Waals surface area contributed by atoms with Crippen molar-refractivity contribution in [2.24, 2.45) is 5.92 Å². The Morgan fingerprint density at radius 2 is 2.00 bits per heavy atom. The average molecular weight is 401 g/mol. The Bertz CT molecular complexity index is 778. The van der Waals surface area contributed by atoms with Crippen LogP contribution >= 0.6 is 11.6 Å². The average Bonchev–Trinajstić information content (AvgIpc) is 2.69. The molecule has 2 atom stereocenters. The molecular weight excluding hydrogens is 372 g/mol. The fourth-order valence-corrected chi connectivity index (χ4v) is 3.73. The third-order valence-corrected chi connectivity index (χ3v) is 5.51. The number of nitrogens with one attached hydrogen (secondary N) is 1. The SMILES string of the molecule is Cc1ccc(OC[C@@H](C)NC(=O)[C@H]2CCCN(Cc3ccccc3Cl)C2)cc1. The summed E-state index contributed by atoms with van der Waals surface area (Å²) in [5.41, 5.74) is 2.32. The minimum absolute atomic E-state index is 0.0121. The van der Waals surface area contributed by atoms with Gasteiger partial charge in [0.05, 0.1) is 12.0 Å². The number of nitrogens with zero attached hydrogens (tertiary/aromatic N) is 1. The van der Waals surface area contributed by atoms with Gasteiger partial charge in [-0.3, -0.25) is 9.69 Å². The van der Waals surface area contributed by atoms with E-state index in [9.17, 15) is 4.79 Å². The van der Waals surface area contributed by atoms with Crippen molar-refractivity contribution in [1.82, 2.24) is 10.2 Å². The summed E-state index contributed by atoms with van der Waals surface area (Å²) in [6.07, 6.45) is 1.95. The number of aryl methyl sites for hydroxylation is 1. The Balaban J connectivity index is 1.46. The molecule has 1 fully saturated rings. The van der Waals surface area contributed by atoms with Gasteiger partial charge in [0.2, 0.25) is 5.91 Å². The van der Waals surface area contributed by atoms with Gasteiger partial charge < -0.3 is 10.1 Å². The molecule has 4 nitrogen and oxygen atoms in total. The van der Waals surface area contributed by atoms with Gasteiger partial charge in [0.25, 0.3) is 0 Å². The van der Waals surface area contributed by atoms with Crippen molar-refractivity contribution in [1.29, 1.82) is 0 Å². The maximum atomic E-state index is 12.7. The quantitative estimate of drug-likeness (QED) is 0.746. The Morgan fingerprint density at radius 1 is 1.25 bits per heavy atom. The van der Waals surface area contributed by atoms with Gasteiger partial charge in [0.1, 0.15) is 12.4 Å². The molecule has 150 valence electrons. The van der Waals surface area contributed by atoms with E-state index in [1.807, 2.05) is 56.3 Å². The zero-order valence-electron chi connectivity index (χ0n) is 16.7. The molecule has 0 aliphatic carbocycles. The van der Waals surface area contributed by atoms with Crippen molar-refractivity contribution in [3.05, 3.63) is 64.7 Å². The van der Waals surface area contributed by atoms with Gasteiger partial charge >= 0.3 is 0 Å². The molecule has 1 aliphatic heterocycles. The predicted molar refractivity (Wildman–Crippen MR) is 114 cm³/mol. The van der Waals surface area contributed by atoms with Gasteiger partial charge in [-0.2, -0.15) is 0 Å². The van der Waals surface area contributed by atoms with E-state index in [1.54, 1.807) is 0 Å². The topological polar surface area (TPSA) is 41.6 Å². The highest BCUT2D eigenvalue weighted by Gasteiger charge is 2.26. The van der Waals surface area contributed by atoms with E-state index in [-0.39, 0.29) is 17.9 Å². The van der Waals surface area contributed by atoms with Gasteiger partial charge in [-0.1, -0.05) is 47.5 Å². The molecule has 5 heteroatoms. The van der Waals surface area contributed by atoms with Gasteiger partial charge in [-0.15, -0.1) is 0 Å². The van der Waals surface area contributed by atoms with Crippen LogP contribution in [0.15, 0.2) is 48.5 Å². The van der Waals surface area contributed by atoms with E-state index in [0.717, 1.165) is 48.8 Å². The Hall–Kier alpha value is -2.04. The number of benzene rings is 2. The number of carbonyl (C=O) groups is 1. The number of ether oxygens (including phenoxy) is 1. The van der Waals surface area contributed by atoms with E-state index in [4.69, 9.17) is 16.3 Å². The van der Waals surface area contributed by atoms with Gasteiger partial charge in [-0.05, 0) is 57.0 Å². The van der Waals surface area contributed by atoms with Crippen molar-refractivity contribution >= 4 is 17.5 Å². The molecule has 2 aromatic carbocycles. The van der Waals surface area contributed by atoms with Crippen molar-refractivity contribution < 1.29 is 9.53 Å². The van der Waals surface area contributed by atoms with Crippen molar-refractivity contribution in [3.63, 3.8) is 0 Å². The minimum atomic E-state index is -0.0345. The first-order valence-electron chi connectivity index (χ1n) is 9.97. The van der Waals surface area contributed by atoms with Gasteiger partial charge in [0, 0.05) is 18.1 Å². The molecule has 3 rings (SSSR count). The van der Waals surface area contributed by atoms with Crippen molar-refractivity contribution in [2.75, 3.05) is 19.7 Å². The second kappa shape index (κ2) is 9.94. The molecular formula is C23H29ClN2O2. The van der Waals surface area contributed by atoms with Gasteiger partial charge in [0.15, 0.2) is 0 Å². The van der Waals surface area contributed by atoms with E-state index in [1.165, 1.54) is 5.56 Å². The fourth-order valence-electron chi connectivity index (χ4n) is 3.54. The lowest BCUT2D eigenvalue weighted by atomic mass is 9.96. The highest BCUT2D eigenvalue weighted by Crippen LogP contribution is 2.22. The van der Waals surface area contributed by atoms with Crippen LogP contribution in [0.1, 0.15) is 30.9 Å². The maximum Gasteiger partial charge on any atom is 0.224 e. The molecule has 2 aromatic rings.